The van der Waals surface area contributed by atoms with Crippen molar-refractivity contribution in [2.45, 2.75) is 239 Å². The second-order valence-electron chi connectivity index (χ2n) is 21.2. The topological polar surface area (TPSA) is 155 Å². The van der Waals surface area contributed by atoms with Crippen LogP contribution < -0.4 is 9.47 Å². The van der Waals surface area contributed by atoms with Gasteiger partial charge in [0.15, 0.2) is 0 Å². The number of carbonyl (C=O) groups excluding carboxylic acids is 4. The van der Waals surface area contributed by atoms with E-state index in [1.54, 1.807) is 12.4 Å². The summed E-state index contributed by atoms with van der Waals surface area (Å²) in [5.74, 6) is -32.8. The lowest BCUT2D eigenvalue weighted by molar-refractivity contribution is -0.190. The highest BCUT2D eigenvalue weighted by Gasteiger charge is 2.43. The van der Waals surface area contributed by atoms with E-state index < -0.39 is 99.4 Å². The van der Waals surface area contributed by atoms with Crippen LogP contribution in [-0.2, 0) is 33.4 Å². The number of alkyl halides is 3. The first-order chi connectivity index (χ1) is 38.8. The first-order valence-electron chi connectivity index (χ1n) is 27.8. The first-order valence-corrected chi connectivity index (χ1v) is 27.8. The van der Waals surface area contributed by atoms with Gasteiger partial charge in [-0.1, -0.05) is 134 Å². The Balaban J connectivity index is 0.00000121. The number of hydrogen-bond acceptors (Lipinski definition) is 10. The van der Waals surface area contributed by atoms with E-state index in [-0.39, 0.29) is 24.0 Å². The van der Waals surface area contributed by atoms with Gasteiger partial charge in [-0.3, -0.25) is 24.2 Å². The van der Waals surface area contributed by atoms with Crippen LogP contribution in [0.1, 0.15) is 221 Å². The number of rotatable bonds is 32. The van der Waals surface area contributed by atoms with Crippen LogP contribution in [0.25, 0.3) is 0 Å². The van der Waals surface area contributed by atoms with Crippen molar-refractivity contribution in [1.29, 1.82) is 0 Å². The van der Waals surface area contributed by atoms with Crippen LogP contribution in [0.2, 0.25) is 0 Å². The van der Waals surface area contributed by atoms with Crippen LogP contribution in [0.4, 0.5) is 57.1 Å². The maximum atomic E-state index is 13.5. The molecule has 0 radical (unpaired) electrons. The number of aliphatic carboxylic acids is 1. The van der Waals surface area contributed by atoms with Gasteiger partial charge in [-0.15, -0.1) is 0 Å². The third-order valence-electron chi connectivity index (χ3n) is 11.4. The molecule has 0 bridgehead atoms. The van der Waals surface area contributed by atoms with Gasteiger partial charge >= 0.3 is 36.0 Å². The minimum atomic E-state index is -5.65. The molecule has 83 heavy (non-hydrogen) atoms. The number of ether oxygens (including phenoxy) is 4. The fraction of sp³-hybridized carbons (Fsp3) is 0.627. The Hall–Kier alpha value is -5.97. The molecule has 0 aliphatic carbocycles. The fourth-order valence-corrected chi connectivity index (χ4v) is 7.38. The third-order valence-corrected chi connectivity index (χ3v) is 11.4. The van der Waals surface area contributed by atoms with E-state index in [9.17, 15) is 81.0 Å². The Bertz CT molecular complexity index is 2290. The zero-order valence-electron chi connectivity index (χ0n) is 48.2. The first kappa shape index (κ1) is 77.0. The maximum Gasteiger partial charge on any atom is 0.491 e. The second kappa shape index (κ2) is 41.9. The van der Waals surface area contributed by atoms with E-state index >= 15 is 0 Å². The summed E-state index contributed by atoms with van der Waals surface area (Å²) < 4.78 is 183. The number of hydrogen-bond donors (Lipinski definition) is 1. The van der Waals surface area contributed by atoms with Gasteiger partial charge in [0.05, 0.1) is 0 Å². The molecule has 11 nitrogen and oxygen atoms in total. The summed E-state index contributed by atoms with van der Waals surface area (Å²) in [6.07, 6.45) is 24.4. The van der Waals surface area contributed by atoms with Gasteiger partial charge in [0.2, 0.25) is 69.7 Å². The SMILES string of the molecule is CC(C)(C)OC(=O)CCCCCCCCCCCCCCC(=O)O.CC(C)(C)OC(=O)CCCCCCCCCCCCCCC(=O)Oc1c(F)c(F)c(F)c(F)c1F.O=C(Oc1c(F)c(F)c(F)c(F)c1F)C(F)(F)F.c1ccncc1. The summed E-state index contributed by atoms with van der Waals surface area (Å²) in [5.41, 5.74) is -0.799. The van der Waals surface area contributed by atoms with E-state index in [4.69, 9.17) is 14.6 Å². The molecule has 0 aliphatic heterocycles. The van der Waals surface area contributed by atoms with Gasteiger partial charge in [0, 0.05) is 38.1 Å². The molecule has 0 saturated heterocycles. The van der Waals surface area contributed by atoms with Gasteiger partial charge in [-0.25, -0.2) is 31.1 Å². The molecule has 0 saturated carbocycles. The second-order valence-corrected chi connectivity index (χ2v) is 21.2. The average molecular weight is 1210 g/mol. The minimum Gasteiger partial charge on any atom is -0.481 e. The molecule has 0 spiro atoms. The molecule has 0 atom stereocenters. The molecule has 24 heteroatoms. The molecule has 3 rings (SSSR count). The van der Waals surface area contributed by atoms with Crippen LogP contribution in [0, 0.1) is 58.2 Å². The number of benzene rings is 2. The molecule has 472 valence electrons. The molecular weight excluding hydrogens is 1130 g/mol. The number of carboxylic acid groups (broad SMARTS) is 1. The zero-order valence-corrected chi connectivity index (χ0v) is 48.2. The number of carbonyl (C=O) groups is 5. The Kier molecular flexibility index (Phi) is 38.9. The van der Waals surface area contributed by atoms with Gasteiger partial charge in [-0.2, -0.15) is 30.7 Å². The molecule has 1 heterocycles. The monoisotopic (exact) mass is 1210 g/mol. The van der Waals surface area contributed by atoms with Crippen LogP contribution in [0.15, 0.2) is 30.6 Å². The number of halogens is 13. The Labute approximate surface area is 477 Å². The van der Waals surface area contributed by atoms with Gasteiger partial charge in [-0.05, 0) is 79.4 Å². The highest BCUT2D eigenvalue weighted by Crippen LogP contribution is 2.32. The normalized spacial score (nSPS) is 11.3. The maximum absolute atomic E-state index is 13.5. The van der Waals surface area contributed by atoms with Crippen molar-refractivity contribution < 1.29 is 105 Å². The summed E-state index contributed by atoms with van der Waals surface area (Å²) in [6, 6.07) is 5.72. The molecule has 2 aromatic carbocycles. The van der Waals surface area contributed by atoms with Crippen molar-refractivity contribution in [3.8, 4) is 11.5 Å². The van der Waals surface area contributed by atoms with Crippen molar-refractivity contribution >= 4 is 29.8 Å². The highest BCUT2D eigenvalue weighted by molar-refractivity contribution is 5.78. The predicted molar refractivity (Wildman–Crippen MR) is 283 cm³/mol. The largest absolute Gasteiger partial charge is 0.491 e. The lowest BCUT2D eigenvalue weighted by Gasteiger charge is -2.19. The van der Waals surface area contributed by atoms with Gasteiger partial charge in [0.1, 0.15) is 11.2 Å². The number of carboxylic acids is 1. The van der Waals surface area contributed by atoms with Crippen LogP contribution in [-0.4, -0.2) is 57.3 Å². The summed E-state index contributed by atoms with van der Waals surface area (Å²) in [7, 11) is 0. The summed E-state index contributed by atoms with van der Waals surface area (Å²) >= 11 is 0. The quantitative estimate of drug-likeness (QED) is 0.0159. The molecule has 1 aromatic heterocycles. The van der Waals surface area contributed by atoms with Crippen molar-refractivity contribution in [3.05, 3.63) is 88.8 Å². The number of aromatic nitrogens is 1. The van der Waals surface area contributed by atoms with Crippen molar-refractivity contribution in [2.75, 3.05) is 0 Å². The van der Waals surface area contributed by atoms with E-state index in [1.165, 1.54) is 44.9 Å². The van der Waals surface area contributed by atoms with Crippen LogP contribution >= 0.6 is 0 Å². The van der Waals surface area contributed by atoms with E-state index in [2.05, 4.69) is 14.5 Å². The van der Waals surface area contributed by atoms with Crippen molar-refractivity contribution in [2.24, 2.45) is 0 Å². The van der Waals surface area contributed by atoms with E-state index in [1.807, 2.05) is 59.7 Å². The van der Waals surface area contributed by atoms with Crippen molar-refractivity contribution in [3.63, 3.8) is 0 Å². The van der Waals surface area contributed by atoms with Crippen LogP contribution in [0.5, 0.6) is 11.5 Å². The fourth-order valence-electron chi connectivity index (χ4n) is 7.38. The number of pyridine rings is 1. The molecule has 0 aliphatic rings. The number of unbranched alkanes of at least 4 members (excludes halogenated alkanes) is 22. The van der Waals surface area contributed by atoms with Gasteiger partial charge in [0.25, 0.3) is 0 Å². The molecule has 0 fully saturated rings. The van der Waals surface area contributed by atoms with E-state index in [0.29, 0.717) is 32.1 Å². The Morgan fingerprint density at radius 2 is 0.602 bits per heavy atom. The zero-order chi connectivity index (χ0) is 63.2. The smallest absolute Gasteiger partial charge is 0.481 e. The number of nitrogens with zero attached hydrogens (tertiary/aromatic N) is 1. The molecule has 0 unspecified atom stereocenters. The minimum absolute atomic E-state index is 0.0779. The van der Waals surface area contributed by atoms with Crippen molar-refractivity contribution in [1.82, 2.24) is 4.98 Å². The summed E-state index contributed by atoms with van der Waals surface area (Å²) in [4.78, 5) is 59.2. The van der Waals surface area contributed by atoms with Crippen LogP contribution in [0.3, 0.4) is 0 Å². The molecule has 1 N–H and O–H groups in total. The predicted octanol–water partition coefficient (Wildman–Crippen LogP) is 17.9. The Morgan fingerprint density at radius 1 is 0.361 bits per heavy atom. The Morgan fingerprint density at radius 3 is 0.831 bits per heavy atom. The molecule has 0 amide bonds. The summed E-state index contributed by atoms with van der Waals surface area (Å²) in [5, 5.41) is 8.54. The molecular formula is C59H80F13NO10. The third kappa shape index (κ3) is 37.1. The highest BCUT2D eigenvalue weighted by atomic mass is 19.4. The van der Waals surface area contributed by atoms with Gasteiger partial charge < -0.3 is 24.1 Å². The number of esters is 4. The average Bonchev–Trinajstić information content (AvgIpc) is 3.54. The van der Waals surface area contributed by atoms with E-state index in [0.717, 1.165) is 96.3 Å². The molecule has 3 aromatic rings. The standard InChI is InChI=1S/C26H37F5O4.C20H38O4.C8F8O2.C5H5N/c1-26(2,3)35-19(33)17-15-13-11-9-7-5-4-6-8-10-12-14-16-18(32)34-25-23(30)21(28)20(27)22(29)24(25)31;1-20(2,3)24-19(23)17-15-13-11-9-7-5-4-6-8-10-12-14-16-18(21)22;9-1-2(10)4(12)6(5(13)3(1)11)18-7(17)8(14,15)16;1-2-4-6-5-3-1/h4-17H2,1-3H3;4-17H2,1-3H3,(H,21,22);;1-5H. The summed E-state index contributed by atoms with van der Waals surface area (Å²) in [6.45, 7) is 11.3. The lowest BCUT2D eigenvalue weighted by atomic mass is 10.0. The lowest BCUT2D eigenvalue weighted by Crippen LogP contribution is -2.29.